The highest BCUT2D eigenvalue weighted by Crippen LogP contribution is 2.61. The third-order valence-electron chi connectivity index (χ3n) is 14.1. The second-order valence-electron chi connectivity index (χ2n) is 25.0. The van der Waals surface area contributed by atoms with Crippen molar-refractivity contribution in [2.45, 2.75) is 281 Å². The molecule has 0 spiro atoms. The number of phosphoric ester groups is 4. The summed E-state index contributed by atoms with van der Waals surface area (Å²) in [6, 6.07) is 33.9. The van der Waals surface area contributed by atoms with E-state index in [0.29, 0.717) is 61.9 Å². The summed E-state index contributed by atoms with van der Waals surface area (Å²) in [6.45, 7) is 48.5. The third-order valence-corrected chi connectivity index (χ3v) is 24.7. The van der Waals surface area contributed by atoms with Gasteiger partial charge in [0.15, 0.2) is 0 Å². The van der Waals surface area contributed by atoms with E-state index in [9.17, 15) is 37.0 Å². The van der Waals surface area contributed by atoms with Crippen LogP contribution in [0.25, 0.3) is 0 Å². The molecule has 7 unspecified atom stereocenters. The number of hydrogen-bond acceptors (Lipinski definition) is 24. The van der Waals surface area contributed by atoms with Gasteiger partial charge in [0.2, 0.25) is 0 Å². The van der Waals surface area contributed by atoms with E-state index in [1.54, 1.807) is 105 Å². The quantitative estimate of drug-likeness (QED) is 0.0736. The van der Waals surface area contributed by atoms with E-state index in [0.717, 1.165) is 51.1 Å². The van der Waals surface area contributed by atoms with Crippen molar-refractivity contribution in [3.63, 3.8) is 0 Å². The van der Waals surface area contributed by atoms with Gasteiger partial charge in [0.1, 0.15) is 34.6 Å². The van der Waals surface area contributed by atoms with Crippen molar-refractivity contribution in [3.05, 3.63) is 148 Å². The monoisotopic (exact) mass is 1650 g/mol. The Balaban J connectivity index is 0.000000642. The summed E-state index contributed by atoms with van der Waals surface area (Å²) in [7, 11) is -16.5. The first kappa shape index (κ1) is 102. The molecule has 5 aromatic carbocycles. The molecule has 1 saturated heterocycles. The minimum absolute atomic E-state index is 0.0708. The average molecular weight is 1650 g/mol. The molecule has 32 heteroatoms. The van der Waals surface area contributed by atoms with Crippen molar-refractivity contribution >= 4 is 64.0 Å². The molecule has 0 bridgehead atoms. The molecule has 0 aromatic heterocycles. The van der Waals surface area contributed by atoms with Crippen LogP contribution in [0.15, 0.2) is 109 Å². The summed E-state index contributed by atoms with van der Waals surface area (Å²) in [5.74, 6) is 2.43. The van der Waals surface area contributed by atoms with Gasteiger partial charge in [0.25, 0.3) is 0 Å². The molecule has 0 aliphatic carbocycles. The topological polar surface area (TPSA) is 291 Å². The van der Waals surface area contributed by atoms with Crippen molar-refractivity contribution in [2.75, 3.05) is 25.4 Å². The van der Waals surface area contributed by atoms with Crippen LogP contribution in [0.2, 0.25) is 0 Å². The Bertz CT molecular complexity index is 3620. The van der Waals surface area contributed by atoms with Gasteiger partial charge < -0.3 is 27.7 Å². The number of carbonyl (C=O) groups excluding carboxylic acids is 2. The highest BCUT2D eigenvalue weighted by Gasteiger charge is 2.42. The first-order chi connectivity index (χ1) is 51.5. The van der Waals surface area contributed by atoms with Crippen LogP contribution in [0.1, 0.15) is 231 Å². The number of ketones is 2. The fraction of sp³-hybridized carbons (Fsp3) is 0.584. The van der Waals surface area contributed by atoms with E-state index < -0.39 is 46.8 Å². The number of nitrogens with zero attached hydrogens (tertiary/aromatic N) is 2. The molecule has 6 aliphatic rings. The second kappa shape index (κ2) is 51.2. The van der Waals surface area contributed by atoms with E-state index in [1.807, 2.05) is 201 Å². The Morgan fingerprint density at radius 2 is 0.688 bits per heavy atom. The van der Waals surface area contributed by atoms with Crippen LogP contribution < -0.4 is 22.8 Å². The zero-order valence-corrected chi connectivity index (χ0v) is 75.0. The molecule has 109 heavy (non-hydrogen) atoms. The standard InChI is InChI=1S/2C14H19O5P.C11H16NO3P.2C10H13O4P.C8H18NO3P.5C2H6/c2*1-10(2)18-20(16)17-9-13-6-4-5-12(14(13)19-20)8-7-11(3)15;1-9(2)15-16(13)12(3)11-7-5-4-6-10(11)8-14-16;2*1-8(2)13-15(11)12-7-9-5-3-4-6-10(9)14-15;1-7(2)12-13(10)9(4)8(3)5-6-11-13;5*1-2/h2*4-6,10H,7-9H2,1-3H3;4-7,9H,8H2,1-3H3;2*3-6,8H,7H2,1-2H3;7-8H,5-6H2,1-4H3;5*1-2H3. The molecule has 620 valence electrons. The van der Waals surface area contributed by atoms with Gasteiger partial charge >= 0.3 is 46.8 Å². The van der Waals surface area contributed by atoms with Gasteiger partial charge in [0, 0.05) is 53.7 Å². The Kier molecular flexibility index (Phi) is 48.1. The fourth-order valence-electron chi connectivity index (χ4n) is 9.50. The maximum Gasteiger partial charge on any atom is 0.530 e. The maximum absolute atomic E-state index is 12.4. The summed E-state index contributed by atoms with van der Waals surface area (Å²) in [6.07, 6.45) is 1.77. The zero-order chi connectivity index (χ0) is 83.1. The highest BCUT2D eigenvalue weighted by atomic mass is 31.2. The number of fused-ring (bicyclic) bond motifs is 5. The van der Waals surface area contributed by atoms with Gasteiger partial charge in [-0.3, -0.25) is 59.0 Å². The first-order valence-corrected chi connectivity index (χ1v) is 46.6. The molecule has 7 atom stereocenters. The molecule has 6 heterocycles. The van der Waals surface area contributed by atoms with E-state index >= 15 is 0 Å². The Hall–Kier alpha value is -4.70. The molecule has 11 rings (SSSR count). The predicted octanol–water partition coefficient (Wildman–Crippen LogP) is 24.1. The number of benzene rings is 5. The lowest BCUT2D eigenvalue weighted by molar-refractivity contribution is -0.117. The second-order valence-corrected chi connectivity index (χ2v) is 35.2. The number of anilines is 1. The van der Waals surface area contributed by atoms with Gasteiger partial charge in [-0.2, -0.15) is 0 Å². The Morgan fingerprint density at radius 1 is 0.385 bits per heavy atom. The molecule has 0 N–H and O–H groups in total. The summed E-state index contributed by atoms with van der Waals surface area (Å²) >= 11 is 0. The fourth-order valence-corrected chi connectivity index (χ4v) is 18.7. The lowest BCUT2D eigenvalue weighted by Gasteiger charge is -2.36. The van der Waals surface area contributed by atoms with Crippen molar-refractivity contribution in [1.29, 1.82) is 0 Å². The number of hydrogen-bond donors (Lipinski definition) is 0. The number of aryl methyl sites for hydroxylation is 2. The van der Waals surface area contributed by atoms with Crippen LogP contribution in [0.3, 0.4) is 0 Å². The van der Waals surface area contributed by atoms with Crippen LogP contribution in [0.5, 0.6) is 23.0 Å². The van der Waals surface area contributed by atoms with Gasteiger partial charge in [-0.1, -0.05) is 160 Å². The summed E-state index contributed by atoms with van der Waals surface area (Å²) in [4.78, 5) is 22.2. The molecular weight excluding hydrogens is 1520 g/mol. The van der Waals surface area contributed by atoms with Crippen LogP contribution in [0, 0.1) is 0 Å². The predicted molar refractivity (Wildman–Crippen MR) is 433 cm³/mol. The molecule has 0 amide bonds. The molecule has 0 saturated carbocycles. The number of para-hydroxylation sites is 5. The minimum Gasteiger partial charge on any atom is -0.404 e. The number of phosphoric acid groups is 4. The van der Waals surface area contributed by atoms with Crippen molar-refractivity contribution in [2.24, 2.45) is 0 Å². The lowest BCUT2D eigenvalue weighted by atomic mass is 10.0. The summed E-state index contributed by atoms with van der Waals surface area (Å²) in [5.41, 5.74) is 7.08. The van der Waals surface area contributed by atoms with Gasteiger partial charge in [-0.05, 0) is 159 Å². The van der Waals surface area contributed by atoms with E-state index in [1.165, 1.54) is 0 Å². The minimum atomic E-state index is -3.56. The van der Waals surface area contributed by atoms with E-state index in [2.05, 4.69) is 0 Å². The highest BCUT2D eigenvalue weighted by molar-refractivity contribution is 7.55. The van der Waals surface area contributed by atoms with Crippen molar-refractivity contribution in [3.8, 4) is 23.0 Å². The van der Waals surface area contributed by atoms with Crippen LogP contribution in [-0.2, 0) is 137 Å². The van der Waals surface area contributed by atoms with Crippen LogP contribution in [-0.4, -0.2) is 79.6 Å². The zero-order valence-electron chi connectivity index (χ0n) is 69.6. The van der Waals surface area contributed by atoms with Gasteiger partial charge in [-0.25, -0.2) is 32.1 Å². The van der Waals surface area contributed by atoms with Gasteiger partial charge in [-0.15, -0.1) is 0 Å². The van der Waals surface area contributed by atoms with Crippen LogP contribution >= 0.6 is 46.8 Å². The molecule has 0 radical (unpaired) electrons. The Morgan fingerprint density at radius 3 is 1.05 bits per heavy atom. The summed E-state index contributed by atoms with van der Waals surface area (Å²) < 4.78 is 161. The van der Waals surface area contributed by atoms with Crippen LogP contribution in [0.4, 0.5) is 5.69 Å². The smallest absolute Gasteiger partial charge is 0.404 e. The number of carbonyl (C=O) groups is 2. The molecule has 26 nitrogen and oxygen atoms in total. The third kappa shape index (κ3) is 35.3. The lowest BCUT2D eigenvalue weighted by Crippen LogP contribution is -2.34. The molecule has 5 aromatic rings. The molecular formula is C77H128N2O24P6. The van der Waals surface area contributed by atoms with Gasteiger partial charge in [0.05, 0.1) is 82.0 Å². The normalized spacial score (nSPS) is 22.9. The number of Topliss-reactive ketones (excluding diaryl/α,β-unsaturated/α-hetero) is 2. The summed E-state index contributed by atoms with van der Waals surface area (Å²) in [5, 5.41) is 0. The first-order valence-electron chi connectivity index (χ1n) is 37.7. The van der Waals surface area contributed by atoms with E-state index in [-0.39, 0.29) is 80.7 Å². The maximum atomic E-state index is 12.4. The average Bonchev–Trinajstić information content (AvgIpc) is 0.795. The molecule has 1 fully saturated rings. The van der Waals surface area contributed by atoms with Crippen molar-refractivity contribution < 1.29 is 109 Å². The SMILES string of the molecule is CC.CC.CC.CC.CC.CC(=O)CCc1cccc2c1OP(=O)(OC(C)C)OC2.CC(=O)CCc1cccc2c1OP(=O)(OC(C)C)OC2.CC(C)OP1(=O)OCCC(C)N1C.CC(C)OP1(=O)OCc2ccccc2N1C.CC(C)OP1(=O)OCc2ccccc2O1.CC(C)OP1(=O)OCc2ccccc2O1. The number of rotatable bonds is 18. The largest absolute Gasteiger partial charge is 0.530 e. The van der Waals surface area contributed by atoms with Crippen molar-refractivity contribution in [1.82, 2.24) is 4.67 Å². The van der Waals surface area contributed by atoms with E-state index in [4.69, 9.17) is 72.4 Å². The molecule has 6 aliphatic heterocycles. The Labute approximate surface area is 652 Å².